The maximum Gasteiger partial charge on any atom is 0.348 e. The lowest BCUT2D eigenvalue weighted by Gasteiger charge is -2.02. The Bertz CT molecular complexity index is 1170. The number of carbonyl (C=O) groups is 2. The summed E-state index contributed by atoms with van der Waals surface area (Å²) in [6.45, 7) is 5.27. The van der Waals surface area contributed by atoms with Crippen LogP contribution in [0.2, 0.25) is 0 Å². The third kappa shape index (κ3) is 3.97. The quantitative estimate of drug-likeness (QED) is 0.479. The number of H-pyrrole nitrogens is 1. The Hall–Kier alpha value is -3.46. The molecular formula is C21H21N3O5S. The van der Waals surface area contributed by atoms with E-state index in [0.29, 0.717) is 22.5 Å². The first-order valence-electron chi connectivity index (χ1n) is 9.18. The molecule has 0 unspecified atom stereocenters. The van der Waals surface area contributed by atoms with Crippen molar-refractivity contribution >= 4 is 34.5 Å². The monoisotopic (exact) mass is 427 g/mol. The van der Waals surface area contributed by atoms with Gasteiger partial charge in [-0.25, -0.2) is 19.3 Å². The molecule has 0 bridgehead atoms. The van der Waals surface area contributed by atoms with Crippen LogP contribution in [0.5, 0.6) is 0 Å². The molecule has 0 aliphatic carbocycles. The van der Waals surface area contributed by atoms with Crippen LogP contribution in [0.15, 0.2) is 40.1 Å². The predicted molar refractivity (Wildman–Crippen MR) is 115 cm³/mol. The summed E-state index contributed by atoms with van der Waals surface area (Å²) in [5.74, 6) is -1.14. The normalized spacial score (nSPS) is 11.1. The number of ether oxygens (including phenoxy) is 2. The van der Waals surface area contributed by atoms with Gasteiger partial charge in [-0.2, -0.15) is 0 Å². The molecule has 2 aromatic heterocycles. The Morgan fingerprint density at radius 2 is 1.90 bits per heavy atom. The van der Waals surface area contributed by atoms with Crippen molar-refractivity contribution < 1.29 is 19.1 Å². The fourth-order valence-corrected chi connectivity index (χ4v) is 3.97. The number of aromatic nitrogens is 2. The Kier molecular flexibility index (Phi) is 6.31. The van der Waals surface area contributed by atoms with Crippen molar-refractivity contribution in [2.75, 3.05) is 13.7 Å². The van der Waals surface area contributed by atoms with E-state index in [0.717, 1.165) is 11.3 Å². The van der Waals surface area contributed by atoms with Crippen molar-refractivity contribution in [3.63, 3.8) is 0 Å². The second kappa shape index (κ2) is 8.91. The van der Waals surface area contributed by atoms with Gasteiger partial charge in [-0.05, 0) is 38.5 Å². The fraction of sp³-hybridized carbons (Fsp3) is 0.238. The number of methoxy groups -OCH3 is 1. The number of carbonyl (C=O) groups excluding carboxylic acids is 2. The lowest BCUT2D eigenvalue weighted by molar-refractivity contribution is 0.0527. The van der Waals surface area contributed by atoms with Gasteiger partial charge in [0.2, 0.25) is 0 Å². The van der Waals surface area contributed by atoms with E-state index >= 15 is 0 Å². The van der Waals surface area contributed by atoms with Crippen LogP contribution < -0.4 is 5.56 Å². The number of thiophene rings is 1. The maximum atomic E-state index is 12.8. The molecule has 0 aliphatic heterocycles. The topological polar surface area (TPSA) is 103 Å². The number of nitrogens with one attached hydrogen (secondary N) is 1. The molecule has 1 aromatic carbocycles. The van der Waals surface area contributed by atoms with E-state index in [-0.39, 0.29) is 27.6 Å². The van der Waals surface area contributed by atoms with Crippen molar-refractivity contribution in [1.82, 2.24) is 9.78 Å². The molecule has 9 heteroatoms. The van der Waals surface area contributed by atoms with Crippen LogP contribution in [-0.4, -0.2) is 41.7 Å². The van der Waals surface area contributed by atoms with Gasteiger partial charge in [-0.3, -0.25) is 9.89 Å². The van der Waals surface area contributed by atoms with E-state index in [1.54, 1.807) is 20.8 Å². The SMILES string of the molecule is CCOC(=O)c1c(/N=C/c2c(C)[nH]n(-c3ccccc3)c2=O)sc(C(=O)OC)c1C. The standard InChI is InChI=1S/C21H21N3O5S/c1-5-29-20(26)16-12(2)17(21(27)28-4)30-18(16)22-11-15-13(3)23-24(19(15)25)14-9-7-6-8-10-14/h6-11,23H,5H2,1-4H3/b22-11+. The van der Waals surface area contributed by atoms with Crippen LogP contribution in [0.4, 0.5) is 5.00 Å². The summed E-state index contributed by atoms with van der Waals surface area (Å²) < 4.78 is 11.3. The van der Waals surface area contributed by atoms with Crippen molar-refractivity contribution in [2.45, 2.75) is 20.8 Å². The van der Waals surface area contributed by atoms with Gasteiger partial charge in [0.25, 0.3) is 5.56 Å². The summed E-state index contributed by atoms with van der Waals surface area (Å²) in [7, 11) is 1.27. The highest BCUT2D eigenvalue weighted by molar-refractivity contribution is 7.18. The number of esters is 2. The number of aromatic amines is 1. The summed E-state index contributed by atoms with van der Waals surface area (Å²) in [5.41, 5.74) is 2.00. The van der Waals surface area contributed by atoms with E-state index < -0.39 is 11.9 Å². The Morgan fingerprint density at radius 3 is 2.53 bits per heavy atom. The van der Waals surface area contributed by atoms with E-state index in [9.17, 15) is 14.4 Å². The molecule has 1 N–H and O–H groups in total. The van der Waals surface area contributed by atoms with Crippen LogP contribution in [0.3, 0.4) is 0 Å². The highest BCUT2D eigenvalue weighted by Crippen LogP contribution is 2.36. The summed E-state index contributed by atoms with van der Waals surface area (Å²) >= 11 is 1.01. The number of aliphatic imine (C=N–C) groups is 1. The van der Waals surface area contributed by atoms with E-state index in [1.165, 1.54) is 18.0 Å². The number of para-hydroxylation sites is 1. The van der Waals surface area contributed by atoms with Crippen LogP contribution in [0.1, 0.15) is 43.8 Å². The molecule has 3 rings (SSSR count). The molecule has 0 radical (unpaired) electrons. The van der Waals surface area contributed by atoms with Crippen LogP contribution in [0, 0.1) is 13.8 Å². The molecule has 156 valence electrons. The minimum atomic E-state index is -0.582. The Morgan fingerprint density at radius 1 is 1.20 bits per heavy atom. The number of aryl methyl sites for hydroxylation is 1. The summed E-state index contributed by atoms with van der Waals surface area (Å²) in [6, 6.07) is 9.15. The molecule has 0 amide bonds. The van der Waals surface area contributed by atoms with Gasteiger partial charge in [-0.15, -0.1) is 11.3 Å². The first-order chi connectivity index (χ1) is 14.4. The number of nitrogens with zero attached hydrogens (tertiary/aromatic N) is 2. The molecule has 0 aliphatic rings. The summed E-state index contributed by atoms with van der Waals surface area (Å²) in [5, 5.41) is 3.29. The van der Waals surface area contributed by atoms with Crippen LogP contribution in [-0.2, 0) is 9.47 Å². The second-order valence-electron chi connectivity index (χ2n) is 6.33. The third-order valence-electron chi connectivity index (χ3n) is 4.42. The number of benzene rings is 1. The third-order valence-corrected chi connectivity index (χ3v) is 5.60. The Labute approximate surface area is 176 Å². The molecule has 0 saturated heterocycles. The van der Waals surface area contributed by atoms with Crippen molar-refractivity contribution in [1.29, 1.82) is 0 Å². The van der Waals surface area contributed by atoms with Gasteiger partial charge in [0.1, 0.15) is 15.4 Å². The average Bonchev–Trinajstić information content (AvgIpc) is 3.22. The Balaban J connectivity index is 2.06. The smallest absolute Gasteiger partial charge is 0.348 e. The first-order valence-corrected chi connectivity index (χ1v) is 10.0. The lowest BCUT2D eigenvalue weighted by atomic mass is 10.1. The predicted octanol–water partition coefficient (Wildman–Crippen LogP) is 3.56. The highest BCUT2D eigenvalue weighted by Gasteiger charge is 2.26. The van der Waals surface area contributed by atoms with E-state index in [4.69, 9.17) is 9.47 Å². The highest BCUT2D eigenvalue weighted by atomic mass is 32.1. The number of hydrogen-bond acceptors (Lipinski definition) is 7. The average molecular weight is 427 g/mol. The molecule has 2 heterocycles. The maximum absolute atomic E-state index is 12.8. The van der Waals surface area contributed by atoms with Gasteiger partial charge in [0.05, 0.1) is 25.0 Å². The second-order valence-corrected chi connectivity index (χ2v) is 7.33. The van der Waals surface area contributed by atoms with Crippen LogP contribution >= 0.6 is 11.3 Å². The van der Waals surface area contributed by atoms with E-state index in [2.05, 4.69) is 10.1 Å². The number of hydrogen-bond donors (Lipinski definition) is 1. The molecule has 0 fully saturated rings. The van der Waals surface area contributed by atoms with Gasteiger partial charge in [0.15, 0.2) is 0 Å². The van der Waals surface area contributed by atoms with Crippen molar-refractivity contribution in [3.05, 3.63) is 67.9 Å². The zero-order valence-electron chi connectivity index (χ0n) is 17.0. The minimum absolute atomic E-state index is 0.184. The largest absolute Gasteiger partial charge is 0.465 e. The lowest BCUT2D eigenvalue weighted by Crippen LogP contribution is -2.17. The zero-order valence-corrected chi connectivity index (χ0v) is 17.8. The molecule has 8 nitrogen and oxygen atoms in total. The van der Waals surface area contributed by atoms with E-state index in [1.807, 2.05) is 30.3 Å². The van der Waals surface area contributed by atoms with Gasteiger partial charge in [-0.1, -0.05) is 18.2 Å². The minimum Gasteiger partial charge on any atom is -0.465 e. The molecule has 0 atom stereocenters. The molecule has 0 saturated carbocycles. The first kappa shape index (κ1) is 21.3. The molecule has 3 aromatic rings. The van der Waals surface area contributed by atoms with Gasteiger partial charge in [0, 0.05) is 11.9 Å². The molecule has 0 spiro atoms. The summed E-state index contributed by atoms with van der Waals surface area (Å²) in [4.78, 5) is 41.9. The van der Waals surface area contributed by atoms with Crippen molar-refractivity contribution in [3.8, 4) is 5.69 Å². The fourth-order valence-electron chi connectivity index (χ4n) is 2.91. The zero-order chi connectivity index (χ0) is 21.8. The molecule has 30 heavy (non-hydrogen) atoms. The van der Waals surface area contributed by atoms with Gasteiger partial charge < -0.3 is 9.47 Å². The van der Waals surface area contributed by atoms with Crippen molar-refractivity contribution in [2.24, 2.45) is 4.99 Å². The van der Waals surface area contributed by atoms with Gasteiger partial charge >= 0.3 is 11.9 Å². The molecular weight excluding hydrogens is 406 g/mol. The number of rotatable bonds is 6. The van der Waals surface area contributed by atoms with Crippen LogP contribution in [0.25, 0.3) is 5.69 Å². The summed E-state index contributed by atoms with van der Waals surface area (Å²) in [6.07, 6.45) is 1.39.